The molecule has 1 aromatic heterocycles. The smallest absolute Gasteiger partial charge is 0.409 e. The number of thiazole rings is 1. The van der Waals surface area contributed by atoms with Crippen LogP contribution < -0.4 is 9.54 Å². The van der Waals surface area contributed by atoms with Crippen LogP contribution in [0.4, 0.5) is 4.79 Å². The summed E-state index contributed by atoms with van der Waals surface area (Å²) >= 11 is 1.37. The highest BCUT2D eigenvalue weighted by Crippen LogP contribution is 2.23. The lowest BCUT2D eigenvalue weighted by Gasteiger charge is -2.33. The summed E-state index contributed by atoms with van der Waals surface area (Å²) in [5.74, 6) is 0.290. The second kappa shape index (κ2) is 10.8. The topological polar surface area (TPSA) is 111 Å². The van der Waals surface area contributed by atoms with Crippen molar-refractivity contribution >= 4 is 43.6 Å². The van der Waals surface area contributed by atoms with E-state index in [9.17, 15) is 18.0 Å². The summed E-state index contributed by atoms with van der Waals surface area (Å²) < 4.78 is 40.7. The van der Waals surface area contributed by atoms with Gasteiger partial charge in [-0.15, -0.1) is 0 Å². The Labute approximate surface area is 213 Å². The monoisotopic (exact) mass is 532 g/mol. The van der Waals surface area contributed by atoms with Crippen LogP contribution in [0.25, 0.3) is 10.2 Å². The molecule has 1 aliphatic heterocycles. The number of benzene rings is 2. The molecule has 3 aromatic rings. The zero-order valence-electron chi connectivity index (χ0n) is 20.3. The molecule has 0 N–H and O–H groups in total. The quantitative estimate of drug-likeness (QED) is 0.483. The van der Waals surface area contributed by atoms with Crippen LogP contribution >= 0.6 is 11.3 Å². The van der Waals surface area contributed by atoms with Gasteiger partial charge < -0.3 is 18.9 Å². The lowest BCUT2D eigenvalue weighted by atomic mass is 10.2. The summed E-state index contributed by atoms with van der Waals surface area (Å²) in [6.07, 6.45) is -0.442. The maximum absolute atomic E-state index is 13.1. The van der Waals surface area contributed by atoms with E-state index in [4.69, 9.17) is 9.47 Å². The van der Waals surface area contributed by atoms with Gasteiger partial charge in [-0.05, 0) is 56.3 Å². The van der Waals surface area contributed by atoms with E-state index in [1.54, 1.807) is 6.92 Å². The maximum atomic E-state index is 13.1. The molecule has 0 unspecified atom stereocenters. The lowest BCUT2D eigenvalue weighted by molar-refractivity contribution is 0.0933. The van der Waals surface area contributed by atoms with Gasteiger partial charge in [-0.1, -0.05) is 11.3 Å². The maximum Gasteiger partial charge on any atom is 0.409 e. The van der Waals surface area contributed by atoms with Gasteiger partial charge in [0.15, 0.2) is 4.80 Å². The predicted molar refractivity (Wildman–Crippen MR) is 136 cm³/mol. The number of piperazine rings is 1. The highest BCUT2D eigenvalue weighted by molar-refractivity contribution is 7.89. The van der Waals surface area contributed by atoms with Crippen LogP contribution in [0.15, 0.2) is 52.4 Å². The second-order valence-electron chi connectivity index (χ2n) is 8.04. The first-order valence-corrected chi connectivity index (χ1v) is 13.8. The molecule has 1 fully saturated rings. The molecule has 4 rings (SSSR count). The van der Waals surface area contributed by atoms with E-state index >= 15 is 0 Å². The van der Waals surface area contributed by atoms with Crippen LogP contribution in [-0.2, 0) is 21.8 Å². The largest absolute Gasteiger partial charge is 0.494 e. The van der Waals surface area contributed by atoms with E-state index in [1.807, 2.05) is 36.7 Å². The van der Waals surface area contributed by atoms with Crippen molar-refractivity contribution in [2.24, 2.45) is 12.0 Å². The van der Waals surface area contributed by atoms with Crippen LogP contribution in [-0.4, -0.2) is 73.6 Å². The van der Waals surface area contributed by atoms with Gasteiger partial charge in [0.25, 0.3) is 5.91 Å². The van der Waals surface area contributed by atoms with E-state index in [2.05, 4.69) is 4.99 Å². The fraction of sp³-hybridized carbons (Fsp3) is 0.375. The zero-order valence-corrected chi connectivity index (χ0v) is 22.0. The Morgan fingerprint density at radius 2 is 1.69 bits per heavy atom. The van der Waals surface area contributed by atoms with Crippen molar-refractivity contribution < 1.29 is 27.5 Å². The molecule has 1 aliphatic rings. The first-order chi connectivity index (χ1) is 17.2. The molecule has 10 nitrogen and oxygen atoms in total. The number of nitrogens with zero attached hydrogens (tertiary/aromatic N) is 4. The Kier molecular flexibility index (Phi) is 7.76. The molecule has 192 valence electrons. The number of rotatable bonds is 6. The van der Waals surface area contributed by atoms with Gasteiger partial charge in [-0.3, -0.25) is 4.79 Å². The third-order valence-electron chi connectivity index (χ3n) is 5.79. The molecule has 2 aromatic carbocycles. The number of hydrogen-bond donors (Lipinski definition) is 0. The molecule has 2 amide bonds. The fourth-order valence-corrected chi connectivity index (χ4v) is 6.34. The molecule has 0 saturated carbocycles. The van der Waals surface area contributed by atoms with Crippen molar-refractivity contribution in [3.05, 3.63) is 52.8 Å². The number of aryl methyl sites for hydroxylation is 1. The van der Waals surface area contributed by atoms with E-state index < -0.39 is 22.0 Å². The molecule has 0 radical (unpaired) electrons. The number of carbonyl (C=O) groups is 2. The van der Waals surface area contributed by atoms with E-state index in [0.717, 1.165) is 16.0 Å². The molecule has 0 atom stereocenters. The first kappa shape index (κ1) is 25.9. The minimum atomic E-state index is -3.76. The Hall–Kier alpha value is -3.22. The molecule has 0 bridgehead atoms. The average molecular weight is 533 g/mol. The summed E-state index contributed by atoms with van der Waals surface area (Å²) in [4.78, 5) is 31.0. The Morgan fingerprint density at radius 1 is 1.00 bits per heavy atom. The van der Waals surface area contributed by atoms with Gasteiger partial charge >= 0.3 is 6.09 Å². The molecule has 36 heavy (non-hydrogen) atoms. The molecule has 12 heteroatoms. The van der Waals surface area contributed by atoms with E-state index in [1.165, 1.54) is 44.8 Å². The van der Waals surface area contributed by atoms with Crippen molar-refractivity contribution in [3.8, 4) is 5.75 Å². The number of hydrogen-bond acceptors (Lipinski definition) is 7. The van der Waals surface area contributed by atoms with E-state index in [0.29, 0.717) is 11.4 Å². The number of amides is 2. The van der Waals surface area contributed by atoms with Crippen molar-refractivity contribution in [2.45, 2.75) is 18.7 Å². The predicted octanol–water partition coefficient (Wildman–Crippen LogP) is 2.84. The third kappa shape index (κ3) is 5.30. The molecule has 2 heterocycles. The van der Waals surface area contributed by atoms with Gasteiger partial charge in [0.2, 0.25) is 10.0 Å². The summed E-state index contributed by atoms with van der Waals surface area (Å²) in [7, 11) is -1.92. The van der Waals surface area contributed by atoms with E-state index in [-0.39, 0.29) is 43.2 Å². The third-order valence-corrected chi connectivity index (χ3v) is 8.80. The SMILES string of the molecule is CCOC(=O)N1CCN(S(=O)(=O)c2ccc(C(=O)N=c3sc4cc(OCC)ccc4n3C)cc2)CC1. The van der Waals surface area contributed by atoms with Gasteiger partial charge in [0.05, 0.1) is 28.3 Å². The van der Waals surface area contributed by atoms with Crippen molar-refractivity contribution in [3.63, 3.8) is 0 Å². The normalized spacial score (nSPS) is 15.3. The number of sulfonamides is 1. The number of fused-ring (bicyclic) bond motifs is 1. The minimum absolute atomic E-state index is 0.0829. The van der Waals surface area contributed by atoms with Crippen LogP contribution in [0.5, 0.6) is 5.75 Å². The van der Waals surface area contributed by atoms with Crippen molar-refractivity contribution in [1.82, 2.24) is 13.8 Å². The van der Waals surface area contributed by atoms with Crippen LogP contribution in [0.2, 0.25) is 0 Å². The van der Waals surface area contributed by atoms with Crippen molar-refractivity contribution in [1.29, 1.82) is 0 Å². The van der Waals surface area contributed by atoms with Crippen molar-refractivity contribution in [2.75, 3.05) is 39.4 Å². The van der Waals surface area contributed by atoms with Crippen LogP contribution in [0.3, 0.4) is 0 Å². The van der Waals surface area contributed by atoms with Gasteiger partial charge in [0.1, 0.15) is 5.75 Å². The standard InChI is InChI=1S/C24H28N4O6S2/c1-4-33-18-8-11-20-21(16-18)35-23(26(20)3)25-22(29)17-6-9-19(10-7-17)36(31,32)28-14-12-27(13-15-28)24(30)34-5-2/h6-11,16H,4-5,12-15H2,1-3H3. The minimum Gasteiger partial charge on any atom is -0.494 e. The first-order valence-electron chi connectivity index (χ1n) is 11.6. The summed E-state index contributed by atoms with van der Waals surface area (Å²) in [5.41, 5.74) is 1.22. The number of aromatic nitrogens is 1. The number of carbonyl (C=O) groups excluding carboxylic acids is 2. The summed E-state index contributed by atoms with van der Waals surface area (Å²) in [6, 6.07) is 11.5. The summed E-state index contributed by atoms with van der Waals surface area (Å²) in [6.45, 7) is 5.33. The fourth-order valence-electron chi connectivity index (χ4n) is 3.87. The summed E-state index contributed by atoms with van der Waals surface area (Å²) in [5, 5.41) is 0. The average Bonchev–Trinajstić information content (AvgIpc) is 3.18. The molecule has 0 spiro atoms. The highest BCUT2D eigenvalue weighted by atomic mass is 32.2. The molecule has 0 aliphatic carbocycles. The zero-order chi connectivity index (χ0) is 25.9. The van der Waals surface area contributed by atoms with Crippen LogP contribution in [0, 0.1) is 0 Å². The van der Waals surface area contributed by atoms with Crippen LogP contribution in [0.1, 0.15) is 24.2 Å². The van der Waals surface area contributed by atoms with Gasteiger partial charge in [0, 0.05) is 38.8 Å². The van der Waals surface area contributed by atoms with Gasteiger partial charge in [-0.2, -0.15) is 9.30 Å². The number of ether oxygens (including phenoxy) is 2. The van der Waals surface area contributed by atoms with Gasteiger partial charge in [-0.25, -0.2) is 13.2 Å². The Balaban J connectivity index is 1.49. The highest BCUT2D eigenvalue weighted by Gasteiger charge is 2.30. The molecular formula is C24H28N4O6S2. The molecular weight excluding hydrogens is 504 g/mol. The molecule has 1 saturated heterocycles. The lowest BCUT2D eigenvalue weighted by Crippen LogP contribution is -2.50. The Morgan fingerprint density at radius 3 is 2.33 bits per heavy atom. The Bertz CT molecular complexity index is 1440. The second-order valence-corrected chi connectivity index (χ2v) is 11.0.